The van der Waals surface area contributed by atoms with Crippen molar-refractivity contribution >= 4 is 24.0 Å². The van der Waals surface area contributed by atoms with E-state index in [4.69, 9.17) is 15.2 Å². The van der Waals surface area contributed by atoms with Crippen LogP contribution in [0.3, 0.4) is 0 Å². The molecule has 2 rings (SSSR count). The molecule has 3 N–H and O–H groups in total. The number of carbonyl (C=O) groups is 1. The number of benzene rings is 1. The zero-order valence-electron chi connectivity index (χ0n) is 11.5. The number of anilines is 1. The largest absolute Gasteiger partial charge is 0.494 e. The molecule has 1 aromatic rings. The molecular weight excluding hydrogens is 280 g/mol. The van der Waals surface area contributed by atoms with E-state index in [0.717, 1.165) is 24.3 Å². The number of carbonyl (C=O) groups excluding carboxylic acids is 1. The lowest BCUT2D eigenvalue weighted by Gasteiger charge is -2.13. The second kappa shape index (κ2) is 8.09. The van der Waals surface area contributed by atoms with Crippen molar-refractivity contribution in [2.45, 2.75) is 32.0 Å². The van der Waals surface area contributed by atoms with Gasteiger partial charge in [0.25, 0.3) is 5.91 Å². The van der Waals surface area contributed by atoms with E-state index < -0.39 is 6.10 Å². The number of halogens is 1. The van der Waals surface area contributed by atoms with E-state index in [0.29, 0.717) is 13.2 Å². The van der Waals surface area contributed by atoms with Crippen molar-refractivity contribution in [2.24, 2.45) is 5.73 Å². The summed E-state index contributed by atoms with van der Waals surface area (Å²) in [6.45, 7) is 2.98. The van der Waals surface area contributed by atoms with Gasteiger partial charge in [-0.3, -0.25) is 4.79 Å². The molecule has 1 saturated heterocycles. The van der Waals surface area contributed by atoms with E-state index in [1.807, 2.05) is 25.1 Å². The monoisotopic (exact) mass is 300 g/mol. The Balaban J connectivity index is 0.00000200. The maximum atomic E-state index is 12.0. The Hall–Kier alpha value is -1.30. The van der Waals surface area contributed by atoms with E-state index in [1.165, 1.54) is 0 Å². The highest BCUT2D eigenvalue weighted by atomic mass is 35.5. The summed E-state index contributed by atoms with van der Waals surface area (Å²) in [5, 5.41) is 2.84. The van der Waals surface area contributed by atoms with Gasteiger partial charge in [0, 0.05) is 18.3 Å². The van der Waals surface area contributed by atoms with Crippen molar-refractivity contribution in [2.75, 3.05) is 18.5 Å². The van der Waals surface area contributed by atoms with Crippen LogP contribution in [0.1, 0.15) is 19.8 Å². The van der Waals surface area contributed by atoms with E-state index in [9.17, 15) is 4.79 Å². The van der Waals surface area contributed by atoms with Crippen LogP contribution in [0, 0.1) is 0 Å². The van der Waals surface area contributed by atoms with Gasteiger partial charge in [0.1, 0.15) is 11.9 Å². The average Bonchev–Trinajstić information content (AvgIpc) is 2.88. The smallest absolute Gasteiger partial charge is 0.253 e. The van der Waals surface area contributed by atoms with Crippen LogP contribution in [0.5, 0.6) is 5.75 Å². The molecule has 0 bridgehead atoms. The summed E-state index contributed by atoms with van der Waals surface area (Å²) in [6, 6.07) is 7.33. The van der Waals surface area contributed by atoms with Crippen molar-refractivity contribution in [3.63, 3.8) is 0 Å². The Morgan fingerprint density at radius 1 is 1.50 bits per heavy atom. The highest BCUT2D eigenvalue weighted by Crippen LogP contribution is 2.22. The van der Waals surface area contributed by atoms with Crippen molar-refractivity contribution < 1.29 is 14.3 Å². The van der Waals surface area contributed by atoms with Gasteiger partial charge in [0.15, 0.2) is 0 Å². The number of ether oxygens (including phenoxy) is 2. The van der Waals surface area contributed by atoms with Gasteiger partial charge in [0.2, 0.25) is 0 Å². The minimum absolute atomic E-state index is 0. The van der Waals surface area contributed by atoms with Crippen LogP contribution in [-0.4, -0.2) is 31.3 Å². The third kappa shape index (κ3) is 4.37. The topological polar surface area (TPSA) is 73.6 Å². The molecule has 20 heavy (non-hydrogen) atoms. The first-order chi connectivity index (χ1) is 9.22. The predicted octanol–water partition coefficient (Wildman–Crippen LogP) is 1.95. The molecule has 1 aliphatic rings. The second-order valence-electron chi connectivity index (χ2n) is 4.51. The molecular formula is C14H21ClN2O3. The zero-order chi connectivity index (χ0) is 13.7. The highest BCUT2D eigenvalue weighted by Gasteiger charge is 2.29. The lowest BCUT2D eigenvalue weighted by Crippen LogP contribution is -2.29. The number of hydrogen-bond acceptors (Lipinski definition) is 4. The number of amides is 1. The first kappa shape index (κ1) is 16.8. The van der Waals surface area contributed by atoms with Crippen molar-refractivity contribution in [3.05, 3.63) is 24.3 Å². The summed E-state index contributed by atoms with van der Waals surface area (Å²) >= 11 is 0. The Bertz CT molecular complexity index is 442. The molecule has 112 valence electrons. The molecule has 1 fully saturated rings. The number of nitrogens with two attached hydrogens (primary N) is 1. The fraction of sp³-hybridized carbons (Fsp3) is 0.500. The molecule has 0 spiro atoms. The van der Waals surface area contributed by atoms with Gasteiger partial charge >= 0.3 is 0 Å². The third-order valence-corrected chi connectivity index (χ3v) is 3.08. The first-order valence-corrected chi connectivity index (χ1v) is 6.62. The van der Waals surface area contributed by atoms with Crippen LogP contribution in [0.25, 0.3) is 0 Å². The van der Waals surface area contributed by atoms with Gasteiger partial charge in [-0.05, 0) is 31.9 Å². The lowest BCUT2D eigenvalue weighted by atomic mass is 10.2. The average molecular weight is 301 g/mol. The van der Waals surface area contributed by atoms with E-state index in [2.05, 4.69) is 5.32 Å². The third-order valence-electron chi connectivity index (χ3n) is 3.08. The molecule has 0 radical (unpaired) electrons. The fourth-order valence-corrected chi connectivity index (χ4v) is 2.13. The SMILES string of the molecule is CCOc1cccc(NC(=O)[C@@H]2CC[C@H](CN)O2)c1.Cl. The molecule has 1 heterocycles. The molecule has 0 aromatic heterocycles. The summed E-state index contributed by atoms with van der Waals surface area (Å²) in [4.78, 5) is 12.0. The second-order valence-corrected chi connectivity index (χ2v) is 4.51. The normalized spacial score (nSPS) is 21.1. The van der Waals surface area contributed by atoms with Gasteiger partial charge in [-0.25, -0.2) is 0 Å². The van der Waals surface area contributed by atoms with E-state index >= 15 is 0 Å². The van der Waals surface area contributed by atoms with Gasteiger partial charge in [-0.15, -0.1) is 12.4 Å². The van der Waals surface area contributed by atoms with E-state index in [1.54, 1.807) is 6.07 Å². The van der Waals surface area contributed by atoms with Gasteiger partial charge in [0.05, 0.1) is 12.7 Å². The standard InChI is InChI=1S/C14H20N2O3.ClH/c1-2-18-11-5-3-4-10(8-11)16-14(17)13-7-6-12(9-15)19-13;/h3-5,8,12-13H,2,6-7,9,15H2,1H3,(H,16,17);1H/t12-,13+;/m1./s1. The zero-order valence-corrected chi connectivity index (χ0v) is 12.3. The molecule has 0 unspecified atom stereocenters. The van der Waals surface area contributed by atoms with Crippen molar-refractivity contribution in [3.8, 4) is 5.75 Å². The van der Waals surface area contributed by atoms with Crippen molar-refractivity contribution in [1.82, 2.24) is 0 Å². The number of rotatable bonds is 5. The fourth-order valence-electron chi connectivity index (χ4n) is 2.13. The molecule has 2 atom stereocenters. The number of nitrogens with one attached hydrogen (secondary N) is 1. The summed E-state index contributed by atoms with van der Waals surface area (Å²) < 4.78 is 10.9. The summed E-state index contributed by atoms with van der Waals surface area (Å²) in [5.41, 5.74) is 6.25. The minimum atomic E-state index is -0.399. The van der Waals surface area contributed by atoms with Gasteiger partial charge in [-0.1, -0.05) is 6.07 Å². The summed E-state index contributed by atoms with van der Waals surface area (Å²) in [7, 11) is 0. The Morgan fingerprint density at radius 2 is 2.30 bits per heavy atom. The summed E-state index contributed by atoms with van der Waals surface area (Å²) in [5.74, 6) is 0.622. The van der Waals surface area contributed by atoms with Crippen LogP contribution >= 0.6 is 12.4 Å². The predicted molar refractivity (Wildman–Crippen MR) is 80.4 cm³/mol. The van der Waals surface area contributed by atoms with Crippen LogP contribution < -0.4 is 15.8 Å². The lowest BCUT2D eigenvalue weighted by molar-refractivity contribution is -0.126. The Kier molecular flexibility index (Phi) is 6.78. The number of hydrogen-bond donors (Lipinski definition) is 2. The van der Waals surface area contributed by atoms with Crippen LogP contribution in [0.4, 0.5) is 5.69 Å². The van der Waals surface area contributed by atoms with Crippen LogP contribution in [0.2, 0.25) is 0 Å². The van der Waals surface area contributed by atoms with Crippen LogP contribution in [0.15, 0.2) is 24.3 Å². The maximum absolute atomic E-state index is 12.0. The Morgan fingerprint density at radius 3 is 2.95 bits per heavy atom. The van der Waals surface area contributed by atoms with Crippen molar-refractivity contribution in [1.29, 1.82) is 0 Å². The molecule has 0 saturated carbocycles. The minimum Gasteiger partial charge on any atom is -0.494 e. The molecule has 1 amide bonds. The maximum Gasteiger partial charge on any atom is 0.253 e. The summed E-state index contributed by atoms with van der Waals surface area (Å²) in [6.07, 6.45) is 1.17. The first-order valence-electron chi connectivity index (χ1n) is 6.62. The molecule has 1 aliphatic heterocycles. The van der Waals surface area contributed by atoms with Gasteiger partial charge < -0.3 is 20.5 Å². The quantitative estimate of drug-likeness (QED) is 0.872. The van der Waals surface area contributed by atoms with Crippen LogP contribution in [-0.2, 0) is 9.53 Å². The van der Waals surface area contributed by atoms with E-state index in [-0.39, 0.29) is 24.4 Å². The molecule has 1 aromatic carbocycles. The van der Waals surface area contributed by atoms with Gasteiger partial charge in [-0.2, -0.15) is 0 Å². The Labute approximate surface area is 125 Å². The molecule has 0 aliphatic carbocycles. The molecule has 6 heteroatoms. The highest BCUT2D eigenvalue weighted by molar-refractivity contribution is 5.94. The molecule has 5 nitrogen and oxygen atoms in total.